The number of nitrogens with zero attached hydrogens (tertiary/aromatic N) is 18. The summed E-state index contributed by atoms with van der Waals surface area (Å²) in [5.41, 5.74) is 18.4. The number of benzene rings is 8. The van der Waals surface area contributed by atoms with Gasteiger partial charge in [-0.1, -0.05) is 265 Å². The van der Waals surface area contributed by atoms with Crippen LogP contribution >= 0.6 is 58.0 Å². The third-order valence-electron chi connectivity index (χ3n) is 22.6. The molecule has 150 heavy (non-hydrogen) atoms. The molecule has 16 aromatic rings. The van der Waals surface area contributed by atoms with E-state index in [-0.39, 0.29) is 90.1 Å². The Morgan fingerprint density at radius 2 is 0.880 bits per heavy atom. The molecule has 0 bridgehead atoms. The molecule has 760 valence electrons. The van der Waals surface area contributed by atoms with Crippen LogP contribution in [-0.2, 0) is 31.0 Å². The largest absolute Gasteiger partial charge is 0.465 e. The Kier molecular flexibility index (Phi) is 34.9. The van der Waals surface area contributed by atoms with E-state index in [1.165, 1.54) is 67.4 Å². The van der Waals surface area contributed by atoms with E-state index in [0.717, 1.165) is 64.6 Å². The Hall–Kier alpha value is -16.8. The first-order chi connectivity index (χ1) is 72.1. The Labute approximate surface area is 892 Å². The summed E-state index contributed by atoms with van der Waals surface area (Å²) in [6, 6.07) is 72.0. The molecule has 8 aromatic heterocycles. The molecule has 5 N–H and O–H groups in total. The van der Waals surface area contributed by atoms with Crippen molar-refractivity contribution in [3.8, 4) is 36.6 Å². The Morgan fingerprint density at radius 1 is 0.500 bits per heavy atom. The first-order valence-electron chi connectivity index (χ1n) is 47.6. The lowest BCUT2D eigenvalue weighted by Gasteiger charge is -2.22. The van der Waals surface area contributed by atoms with E-state index in [9.17, 15) is 51.0 Å². The molecule has 2 aliphatic heterocycles. The van der Waals surface area contributed by atoms with Gasteiger partial charge in [-0.2, -0.15) is 29.8 Å². The van der Waals surface area contributed by atoms with Crippen molar-refractivity contribution >= 4 is 154 Å². The van der Waals surface area contributed by atoms with Gasteiger partial charge in [0.2, 0.25) is 23.7 Å². The fourth-order valence-corrected chi connectivity index (χ4v) is 16.6. The lowest BCUT2D eigenvalue weighted by atomic mass is 9.89. The van der Waals surface area contributed by atoms with Crippen molar-refractivity contribution in [3.63, 3.8) is 0 Å². The molecule has 8 aromatic carbocycles. The topological polar surface area (TPSA) is 434 Å². The number of nitrogens with two attached hydrogens (primary N) is 1. The maximum atomic E-state index is 13.7. The zero-order valence-electron chi connectivity index (χ0n) is 85.5. The molecular weight excluding hydrogens is 2010 g/mol. The number of carbonyl (C=O) groups excluding carboxylic acids is 1. The van der Waals surface area contributed by atoms with E-state index in [2.05, 4.69) is 169 Å². The van der Waals surface area contributed by atoms with Crippen molar-refractivity contribution in [2.75, 3.05) is 41.3 Å². The summed E-state index contributed by atoms with van der Waals surface area (Å²) in [6.45, 7) is 27.9. The number of ether oxygens (including phenoxy) is 3. The highest BCUT2D eigenvalue weighted by Crippen LogP contribution is 2.46. The number of terminal acetylenes is 1. The number of nitriles is 4. The Morgan fingerprint density at radius 3 is 1.26 bits per heavy atom. The molecule has 2 aliphatic rings. The van der Waals surface area contributed by atoms with Crippen LogP contribution in [0.3, 0.4) is 0 Å². The molecule has 0 saturated carbocycles. The van der Waals surface area contributed by atoms with Gasteiger partial charge in [-0.05, 0) is 131 Å². The van der Waals surface area contributed by atoms with E-state index in [1.807, 2.05) is 151 Å². The van der Waals surface area contributed by atoms with Crippen molar-refractivity contribution < 1.29 is 40.4 Å². The maximum absolute atomic E-state index is 13.7. The van der Waals surface area contributed by atoms with Crippen LogP contribution in [0.5, 0.6) is 0 Å². The highest BCUT2D eigenvalue weighted by atomic mass is 35.5. The average Bonchev–Trinajstić information content (AvgIpc) is 1.45. The fourth-order valence-electron chi connectivity index (χ4n) is 15.3. The van der Waals surface area contributed by atoms with Gasteiger partial charge < -0.3 is 35.9 Å². The number of aliphatic imine (C=N–C) groups is 2. The van der Waals surface area contributed by atoms with Gasteiger partial charge in [0, 0.05) is 134 Å². The molecule has 6 atom stereocenters. The van der Waals surface area contributed by atoms with Crippen LogP contribution in [0.2, 0.25) is 25.1 Å². The van der Waals surface area contributed by atoms with E-state index < -0.39 is 39.7 Å². The molecule has 0 fully saturated rings. The number of non-ortho nitro benzene ring substituents is 2. The monoisotopic (exact) mass is 2110 g/mol. The van der Waals surface area contributed by atoms with Crippen LogP contribution in [0.15, 0.2) is 266 Å². The smallest absolute Gasteiger partial charge is 0.304 e. The predicted molar refractivity (Wildman–Crippen MR) is 581 cm³/mol. The number of rotatable bonds is 20. The van der Waals surface area contributed by atoms with Crippen LogP contribution in [-0.4, -0.2) is 97.1 Å². The van der Waals surface area contributed by atoms with Crippen molar-refractivity contribution in [3.05, 3.63) is 391 Å². The minimum Gasteiger partial charge on any atom is -0.465 e. The van der Waals surface area contributed by atoms with E-state index in [0.29, 0.717) is 130 Å². The van der Waals surface area contributed by atoms with Crippen LogP contribution in [0.1, 0.15) is 207 Å². The van der Waals surface area contributed by atoms with Crippen molar-refractivity contribution in [1.29, 1.82) is 21.0 Å². The summed E-state index contributed by atoms with van der Waals surface area (Å²) in [7, 11) is 0. The number of fused-ring (bicyclic) bond motifs is 4. The van der Waals surface area contributed by atoms with Crippen LogP contribution in [0.25, 0.3) is 43.6 Å². The molecule has 0 amide bonds. The number of hydrogen-bond donors (Lipinski definition) is 4. The third-order valence-corrected chi connectivity index (χ3v) is 24.1. The molecule has 0 radical (unpaired) electrons. The predicted octanol–water partition coefficient (Wildman–Crippen LogP) is 26.8. The minimum absolute atomic E-state index is 0.0210. The number of esters is 1. The first-order valence-corrected chi connectivity index (χ1v) is 48.5. The average molecular weight is 2110 g/mol. The molecule has 18 rings (SSSR count). The summed E-state index contributed by atoms with van der Waals surface area (Å²) >= 11 is 30.8. The molecule has 37 heteroatoms. The summed E-state index contributed by atoms with van der Waals surface area (Å²) in [6.07, 6.45) is 12.7. The first kappa shape index (κ1) is 107. The standard InChI is InChI=1S/C35H27N3O2.C28H31ClFN7.C15H15ClN4O2.C15H17ClN4.C10H3Cl2N3O2.C10H8FNO2/c1-5-14-24(15-6-1)30-32(26-18-9-3-10-19-26)39-34(37-30)28-22-13-23-29(36-28)35-38-31(25-16-7-2-8-17-25)33(40-35)27-20-11-4-12-21-27;1-27(2,3)16-34-25-19(12-31)14-33-26-21(25)10-17(11-22(26)29)9-20(18-7-8-24(30)32-13-18)23-15-37(36-35-23)28(4,5)6;1-15(2,3)8-19-13-9(6-17)7-18-14-11(13)4-10(20(21)22)5-12(14)16;1-15(2,3)8-20-13-9(6-17)7-19-14-11(13)4-10(18)5-12(14)16;11-8-2-6(15(16)17)1-7-9(12)5(3-13)4-14-10(7)8;1-3-9(14-7(2)13)8-4-5-10(11)12-6-8/h1-23,30-33H;7-8,10-11,13-15,20H,9,16H2,1-6H3,(H,33,34);4-5,7H,8H2,1-3H3,(H,18,19);4-5,7H,8,18H2,1-3H3,(H,19,20);1-2,4H;1,4-6,9H,2H3/t30-,31-,32+,33+;20-;;;;/m01..../s1/i;20D;;;;9D. The second-order valence-electron chi connectivity index (χ2n) is 38.9. The summed E-state index contributed by atoms with van der Waals surface area (Å²) < 4.78 is 62.8. The fraction of sp³-hybridized carbons (Fsp3) is 0.239. The van der Waals surface area contributed by atoms with Crippen molar-refractivity contribution in [1.82, 2.24) is 49.9 Å². The second kappa shape index (κ2) is 48.7. The van der Waals surface area contributed by atoms with Crippen molar-refractivity contribution in [2.24, 2.45) is 26.2 Å². The number of pyridine rings is 7. The quantitative estimate of drug-likeness (QED) is 0.0137. The highest BCUT2D eigenvalue weighted by molar-refractivity contribution is 6.40. The lowest BCUT2D eigenvalue weighted by molar-refractivity contribution is -0.384. The van der Waals surface area contributed by atoms with E-state index >= 15 is 0 Å². The third kappa shape index (κ3) is 28.3. The van der Waals surface area contributed by atoms with Crippen molar-refractivity contribution in [2.45, 2.75) is 138 Å². The molecule has 0 spiro atoms. The zero-order valence-corrected chi connectivity index (χ0v) is 87.3. The zero-order chi connectivity index (χ0) is 110. The lowest BCUT2D eigenvalue weighted by Crippen LogP contribution is -2.22. The SMILES string of the molecule is CC(C)(C)CNc1c(C#N)cnc2c(Cl)cc(N)cc12.CC(C)(C)CNc1c(C#N)cnc2c(Cl)cc([N+](=O)[O-])cc12.N#Cc1cnc2c(Cl)cc([N+](=O)[O-])cc2c1Cl.[2H]C(C#C)(OC(C)=O)c1ccc(F)nc1.[2H][C@@](Cc1cc(Cl)c2ncc(C#N)c(NCC(C)(C)C)c2c1)(c1ccc(F)nc1)c1cn(C(C)(C)C)nn1.c1ccc([C@H]2OC(c3cccc(C4=N[C@@H](c5ccccc5)[C@@H](c5ccccc5)O4)n3)=N[C@H]2c2ccccc2)cc1. The highest BCUT2D eigenvalue weighted by Gasteiger charge is 2.38. The Balaban J connectivity index is 0.000000158. The van der Waals surface area contributed by atoms with Crippen LogP contribution in [0, 0.1) is 106 Å². The van der Waals surface area contributed by atoms with Crippen LogP contribution in [0.4, 0.5) is 42.9 Å². The summed E-state index contributed by atoms with van der Waals surface area (Å²) in [5.74, 6) is -0.418. The molecular formula is C113H101Cl5F2N22O8. The van der Waals surface area contributed by atoms with E-state index in [1.54, 1.807) is 35.1 Å². The second-order valence-corrected chi connectivity index (χ2v) is 40.9. The maximum Gasteiger partial charge on any atom is 0.304 e. The van der Waals surface area contributed by atoms with Crippen LogP contribution < -0.4 is 21.7 Å². The minimum atomic E-state index is -1.95. The molecule has 30 nitrogen and oxygen atoms in total. The summed E-state index contributed by atoms with van der Waals surface area (Å²) in [4.78, 5) is 70.2. The number of carbonyl (C=O) groups is 1. The number of aromatic nitrogens is 10. The van der Waals surface area contributed by atoms with Gasteiger partial charge in [0.1, 0.15) is 47.7 Å². The van der Waals surface area contributed by atoms with Gasteiger partial charge in [0.15, 0.2) is 18.3 Å². The number of halogens is 7. The Bertz CT molecular complexity index is 7980. The molecule has 10 heterocycles. The summed E-state index contributed by atoms with van der Waals surface area (Å²) in [5, 5.41) is 80.9. The number of nitrogen functional groups attached to an aromatic ring is 1. The molecule has 1 unspecified atom stereocenters. The number of nitro benzene ring substituents is 2. The number of anilines is 4. The number of hydrogen-bond acceptors (Lipinski definition) is 27. The van der Waals surface area contributed by atoms with E-state index in [4.69, 9.17) is 101 Å². The van der Waals surface area contributed by atoms with Gasteiger partial charge in [0.05, 0.1) is 109 Å². The number of nitro groups is 2. The number of nitrogens with one attached hydrogen (secondary N) is 3. The van der Waals surface area contributed by atoms with Gasteiger partial charge in [0.25, 0.3) is 11.4 Å². The normalized spacial score (nSPS) is 15.0. The van der Waals surface area contributed by atoms with Gasteiger partial charge in [-0.3, -0.25) is 45.0 Å². The van der Waals surface area contributed by atoms with Gasteiger partial charge in [-0.25, -0.2) is 29.6 Å². The molecule has 0 saturated heterocycles. The van der Waals surface area contributed by atoms with Gasteiger partial charge in [-0.15, -0.1) is 11.5 Å². The van der Waals surface area contributed by atoms with Gasteiger partial charge >= 0.3 is 5.97 Å². The molecule has 0 aliphatic carbocycles.